The monoisotopic (exact) mass is 271 g/mol. The van der Waals surface area contributed by atoms with Crippen LogP contribution in [0.3, 0.4) is 0 Å². The highest BCUT2D eigenvalue weighted by molar-refractivity contribution is 6.02. The maximum absolute atomic E-state index is 12.1. The fourth-order valence-electron chi connectivity index (χ4n) is 2.40. The lowest BCUT2D eigenvalue weighted by atomic mass is 10.1. The maximum Gasteiger partial charge on any atom is 0.335 e. The molecule has 1 aliphatic heterocycles. The Labute approximate surface area is 115 Å². The number of fused-ring (bicyclic) bond motifs is 1. The van der Waals surface area contributed by atoms with Crippen molar-refractivity contribution in [2.75, 3.05) is 4.90 Å². The minimum Gasteiger partial charge on any atom is -0.478 e. The van der Waals surface area contributed by atoms with Crippen LogP contribution in [0.5, 0.6) is 0 Å². The third-order valence-corrected chi connectivity index (χ3v) is 3.35. The molecule has 0 saturated carbocycles. The number of nitrogens with zero attached hydrogens (tertiary/aromatic N) is 3. The normalized spacial score (nSPS) is 13.7. The van der Waals surface area contributed by atoms with E-state index in [1.165, 1.54) is 6.07 Å². The van der Waals surface area contributed by atoms with E-state index in [1.807, 2.05) is 19.3 Å². The predicted octanol–water partition coefficient (Wildman–Crippen LogP) is 1.21. The van der Waals surface area contributed by atoms with Gasteiger partial charge in [0.2, 0.25) is 5.91 Å². The number of aromatic carboxylic acids is 1. The number of hydrogen-bond donors (Lipinski definition) is 1. The van der Waals surface area contributed by atoms with Crippen LogP contribution in [0.2, 0.25) is 0 Å². The molecule has 3 rings (SSSR count). The summed E-state index contributed by atoms with van der Waals surface area (Å²) in [6.45, 7) is 0.402. The Morgan fingerprint density at radius 2 is 2.20 bits per heavy atom. The van der Waals surface area contributed by atoms with Crippen LogP contribution < -0.4 is 4.90 Å². The number of carbonyl (C=O) groups excluding carboxylic acids is 1. The van der Waals surface area contributed by atoms with Crippen LogP contribution >= 0.6 is 0 Å². The summed E-state index contributed by atoms with van der Waals surface area (Å²) in [7, 11) is 1.82. The van der Waals surface area contributed by atoms with Gasteiger partial charge in [0.05, 0.1) is 24.2 Å². The summed E-state index contributed by atoms with van der Waals surface area (Å²) in [5.41, 5.74) is 2.53. The zero-order valence-electron chi connectivity index (χ0n) is 10.9. The van der Waals surface area contributed by atoms with E-state index in [9.17, 15) is 9.59 Å². The largest absolute Gasteiger partial charge is 0.478 e. The standard InChI is InChI=1S/C14H13N3O3/c1-16-5-4-11(15-16)8-17-12-3-2-9(14(19)20)6-10(12)7-13(17)18/h2-6H,7-8H2,1H3,(H,19,20). The summed E-state index contributed by atoms with van der Waals surface area (Å²) < 4.78 is 1.68. The number of hydrogen-bond acceptors (Lipinski definition) is 3. The molecule has 1 aromatic heterocycles. The van der Waals surface area contributed by atoms with E-state index in [-0.39, 0.29) is 17.9 Å². The fraction of sp³-hybridized carbons (Fsp3) is 0.214. The number of amides is 1. The van der Waals surface area contributed by atoms with E-state index < -0.39 is 5.97 Å². The second-order valence-corrected chi connectivity index (χ2v) is 4.79. The molecule has 20 heavy (non-hydrogen) atoms. The van der Waals surface area contributed by atoms with Crippen molar-refractivity contribution >= 4 is 17.6 Å². The van der Waals surface area contributed by atoms with Crippen LogP contribution in [0, 0.1) is 0 Å². The highest BCUT2D eigenvalue weighted by Crippen LogP contribution is 2.30. The van der Waals surface area contributed by atoms with E-state index >= 15 is 0 Å². The third kappa shape index (κ3) is 2.05. The molecule has 0 unspecified atom stereocenters. The molecule has 0 atom stereocenters. The quantitative estimate of drug-likeness (QED) is 0.910. The number of carbonyl (C=O) groups is 2. The summed E-state index contributed by atoms with van der Waals surface area (Å²) in [4.78, 5) is 24.7. The van der Waals surface area contributed by atoms with Gasteiger partial charge in [0.25, 0.3) is 0 Å². The number of aryl methyl sites for hydroxylation is 1. The van der Waals surface area contributed by atoms with Gasteiger partial charge in [-0.3, -0.25) is 9.48 Å². The van der Waals surface area contributed by atoms with E-state index in [4.69, 9.17) is 5.11 Å². The number of anilines is 1. The van der Waals surface area contributed by atoms with Gasteiger partial charge in [-0.15, -0.1) is 0 Å². The zero-order valence-corrected chi connectivity index (χ0v) is 10.9. The van der Waals surface area contributed by atoms with Crippen LogP contribution in [-0.4, -0.2) is 26.8 Å². The van der Waals surface area contributed by atoms with Crippen molar-refractivity contribution in [2.45, 2.75) is 13.0 Å². The van der Waals surface area contributed by atoms with Crippen LogP contribution in [0.1, 0.15) is 21.6 Å². The van der Waals surface area contributed by atoms with Crippen LogP contribution in [0.25, 0.3) is 0 Å². The van der Waals surface area contributed by atoms with Gasteiger partial charge in [-0.05, 0) is 29.8 Å². The highest BCUT2D eigenvalue weighted by Gasteiger charge is 2.28. The molecule has 2 heterocycles. The summed E-state index contributed by atoms with van der Waals surface area (Å²) in [6.07, 6.45) is 2.06. The van der Waals surface area contributed by atoms with E-state index in [0.29, 0.717) is 6.54 Å². The van der Waals surface area contributed by atoms with Crippen molar-refractivity contribution in [1.82, 2.24) is 9.78 Å². The van der Waals surface area contributed by atoms with Crippen LogP contribution in [-0.2, 0) is 24.8 Å². The van der Waals surface area contributed by atoms with Gasteiger partial charge in [-0.2, -0.15) is 5.10 Å². The molecular weight excluding hydrogens is 258 g/mol. The molecular formula is C14H13N3O3. The Morgan fingerprint density at radius 1 is 1.40 bits per heavy atom. The number of carboxylic acids is 1. The molecule has 0 saturated heterocycles. The molecule has 0 bridgehead atoms. The second-order valence-electron chi connectivity index (χ2n) is 4.79. The Morgan fingerprint density at radius 3 is 2.85 bits per heavy atom. The van der Waals surface area contributed by atoms with Gasteiger partial charge >= 0.3 is 5.97 Å². The first kappa shape index (κ1) is 12.4. The summed E-state index contributed by atoms with van der Waals surface area (Å²) >= 11 is 0. The molecule has 6 nitrogen and oxygen atoms in total. The maximum atomic E-state index is 12.1. The predicted molar refractivity (Wildman–Crippen MR) is 71.5 cm³/mol. The molecule has 1 aromatic carbocycles. The van der Waals surface area contributed by atoms with Crippen LogP contribution in [0.15, 0.2) is 30.5 Å². The lowest BCUT2D eigenvalue weighted by Gasteiger charge is -2.16. The van der Waals surface area contributed by atoms with Gasteiger partial charge < -0.3 is 10.0 Å². The molecule has 0 spiro atoms. The van der Waals surface area contributed by atoms with E-state index in [0.717, 1.165) is 16.9 Å². The molecule has 2 aromatic rings. The molecule has 0 radical (unpaired) electrons. The molecule has 1 N–H and O–H groups in total. The molecule has 1 amide bonds. The number of aromatic nitrogens is 2. The Hall–Kier alpha value is -2.63. The third-order valence-electron chi connectivity index (χ3n) is 3.35. The fourth-order valence-corrected chi connectivity index (χ4v) is 2.40. The lowest BCUT2D eigenvalue weighted by molar-refractivity contribution is -0.117. The number of rotatable bonds is 3. The van der Waals surface area contributed by atoms with Crippen molar-refractivity contribution in [2.24, 2.45) is 7.05 Å². The smallest absolute Gasteiger partial charge is 0.335 e. The van der Waals surface area contributed by atoms with Crippen molar-refractivity contribution in [3.63, 3.8) is 0 Å². The first-order valence-electron chi connectivity index (χ1n) is 6.20. The van der Waals surface area contributed by atoms with Crippen molar-refractivity contribution in [1.29, 1.82) is 0 Å². The first-order valence-corrected chi connectivity index (χ1v) is 6.20. The SMILES string of the molecule is Cn1ccc(CN2C(=O)Cc3cc(C(=O)O)ccc32)n1. The zero-order chi connectivity index (χ0) is 14.3. The molecule has 0 fully saturated rings. The minimum atomic E-state index is -0.983. The molecule has 6 heteroatoms. The Balaban J connectivity index is 1.92. The summed E-state index contributed by atoms with van der Waals surface area (Å²) in [5.74, 6) is -1.02. The average Bonchev–Trinajstić information content (AvgIpc) is 2.94. The minimum absolute atomic E-state index is 0.0341. The van der Waals surface area contributed by atoms with Gasteiger partial charge in [0.15, 0.2) is 0 Å². The van der Waals surface area contributed by atoms with Crippen molar-refractivity contribution in [3.05, 3.63) is 47.3 Å². The van der Waals surface area contributed by atoms with Gasteiger partial charge in [-0.1, -0.05) is 0 Å². The van der Waals surface area contributed by atoms with Crippen molar-refractivity contribution in [3.8, 4) is 0 Å². The van der Waals surface area contributed by atoms with Crippen LogP contribution in [0.4, 0.5) is 5.69 Å². The number of carboxylic acid groups (broad SMARTS) is 1. The van der Waals surface area contributed by atoms with Gasteiger partial charge in [-0.25, -0.2) is 4.79 Å². The Kier molecular flexibility index (Phi) is 2.78. The highest BCUT2D eigenvalue weighted by atomic mass is 16.4. The van der Waals surface area contributed by atoms with Gasteiger partial charge in [0, 0.05) is 18.9 Å². The Bertz CT molecular complexity index is 705. The number of benzene rings is 1. The summed E-state index contributed by atoms with van der Waals surface area (Å²) in [5, 5.41) is 13.2. The summed E-state index contributed by atoms with van der Waals surface area (Å²) in [6, 6.07) is 6.63. The van der Waals surface area contributed by atoms with Crippen molar-refractivity contribution < 1.29 is 14.7 Å². The first-order chi connectivity index (χ1) is 9.54. The molecule has 102 valence electrons. The van der Waals surface area contributed by atoms with Gasteiger partial charge in [0.1, 0.15) is 0 Å². The lowest BCUT2D eigenvalue weighted by Crippen LogP contribution is -2.26. The molecule has 1 aliphatic rings. The van der Waals surface area contributed by atoms with E-state index in [1.54, 1.807) is 21.7 Å². The molecule has 0 aliphatic carbocycles. The average molecular weight is 271 g/mol. The topological polar surface area (TPSA) is 75.4 Å². The second kappa shape index (κ2) is 4.48. The van der Waals surface area contributed by atoms with E-state index in [2.05, 4.69) is 5.10 Å².